The van der Waals surface area contributed by atoms with Crippen LogP contribution in [-0.2, 0) is 14.8 Å². The third-order valence-corrected chi connectivity index (χ3v) is 8.23. The summed E-state index contributed by atoms with van der Waals surface area (Å²) in [6, 6.07) is 3.97. The van der Waals surface area contributed by atoms with E-state index in [4.69, 9.17) is 0 Å². The Morgan fingerprint density at radius 2 is 1.96 bits per heavy atom. The topological polar surface area (TPSA) is 66.5 Å². The van der Waals surface area contributed by atoms with E-state index in [1.165, 1.54) is 18.2 Å². The molecule has 1 amide bonds. The van der Waals surface area contributed by atoms with Gasteiger partial charge in [0.1, 0.15) is 11.9 Å². The first-order valence-electron chi connectivity index (χ1n) is 9.83. The molecule has 3 aliphatic rings. The molecule has 0 spiro atoms. The molecule has 1 aliphatic carbocycles. The van der Waals surface area contributed by atoms with Crippen molar-refractivity contribution in [2.75, 3.05) is 6.54 Å². The first kappa shape index (κ1) is 21.2. The minimum absolute atomic E-state index is 0.0658. The molecule has 4 rings (SSSR count). The molecule has 28 heavy (non-hydrogen) atoms. The molecule has 4 atom stereocenters. The van der Waals surface area contributed by atoms with Gasteiger partial charge in [0.25, 0.3) is 0 Å². The second kappa shape index (κ2) is 6.80. The van der Waals surface area contributed by atoms with Crippen molar-refractivity contribution < 1.29 is 17.6 Å². The molecule has 1 N–H and O–H groups in total. The summed E-state index contributed by atoms with van der Waals surface area (Å²) < 4.78 is 41.8. The zero-order chi connectivity index (χ0) is 21.1. The van der Waals surface area contributed by atoms with Gasteiger partial charge in [-0.15, -0.1) is 0 Å². The van der Waals surface area contributed by atoms with Crippen molar-refractivity contribution in [3.05, 3.63) is 30.1 Å². The molecule has 0 radical (unpaired) electrons. The molecule has 1 unspecified atom stereocenters. The van der Waals surface area contributed by atoms with Gasteiger partial charge in [0.15, 0.2) is 0 Å². The Bertz CT molecular complexity index is 876. The Balaban J connectivity index is 1.86. The third kappa shape index (κ3) is 3.59. The number of nitrogens with one attached hydrogen (secondary N) is 1. The molecule has 2 heterocycles. The van der Waals surface area contributed by atoms with Crippen LogP contribution in [0, 0.1) is 28.5 Å². The smallest absolute Gasteiger partial charge is 0.241 e. The quantitative estimate of drug-likeness (QED) is 0.827. The van der Waals surface area contributed by atoms with E-state index in [-0.39, 0.29) is 22.3 Å². The molecular formula is C21H31FN2O3S. The van der Waals surface area contributed by atoms with Crippen LogP contribution in [0.1, 0.15) is 48.0 Å². The predicted molar refractivity (Wildman–Crippen MR) is 107 cm³/mol. The highest BCUT2D eigenvalue weighted by Gasteiger charge is 2.57. The standard InChI is InChI=1S/C21H31FN2O3S/c1-13-17-10-14(21(17,5)6)12-24(13)19(25)18(20(2,3)4)23-28(26,27)16-9-7-8-15(22)11-16/h7-9,11,13-14,17-18,23H,10,12H2,1-6H3/t13-,14?,17+,18-/m1/s1. The first-order valence-corrected chi connectivity index (χ1v) is 11.3. The lowest BCUT2D eigenvalue weighted by Gasteiger charge is -2.63. The van der Waals surface area contributed by atoms with Gasteiger partial charge in [-0.1, -0.05) is 40.7 Å². The van der Waals surface area contributed by atoms with Gasteiger partial charge in [0.2, 0.25) is 15.9 Å². The van der Waals surface area contributed by atoms with Gasteiger partial charge < -0.3 is 4.90 Å². The maximum absolute atomic E-state index is 13.5. The molecule has 7 heteroatoms. The van der Waals surface area contributed by atoms with Gasteiger partial charge in [-0.05, 0) is 54.2 Å². The molecule has 2 saturated heterocycles. The number of benzene rings is 1. The maximum atomic E-state index is 13.5. The summed E-state index contributed by atoms with van der Waals surface area (Å²) in [5.41, 5.74) is -0.414. The van der Waals surface area contributed by atoms with Crippen molar-refractivity contribution in [3.63, 3.8) is 0 Å². The van der Waals surface area contributed by atoms with Crippen LogP contribution in [0.2, 0.25) is 0 Å². The van der Waals surface area contributed by atoms with Crippen molar-refractivity contribution in [2.45, 2.75) is 64.9 Å². The molecule has 156 valence electrons. The van der Waals surface area contributed by atoms with Crippen molar-refractivity contribution >= 4 is 15.9 Å². The molecule has 0 aromatic heterocycles. The van der Waals surface area contributed by atoms with Gasteiger partial charge in [0, 0.05) is 12.6 Å². The third-order valence-electron chi connectivity index (χ3n) is 6.81. The van der Waals surface area contributed by atoms with Crippen LogP contribution in [0.15, 0.2) is 29.2 Å². The van der Waals surface area contributed by atoms with E-state index in [1.54, 1.807) is 0 Å². The fourth-order valence-electron chi connectivity index (χ4n) is 4.72. The van der Waals surface area contributed by atoms with Crippen LogP contribution in [0.25, 0.3) is 0 Å². The number of carbonyl (C=O) groups excluding carboxylic acids is 1. The highest BCUT2D eigenvalue weighted by molar-refractivity contribution is 7.89. The Kier molecular flexibility index (Phi) is 5.16. The predicted octanol–water partition coefficient (Wildman–Crippen LogP) is 3.41. The SMILES string of the molecule is C[C@@H]1[C@@H]2CC(CN1C(=O)[C@@H](NS(=O)(=O)c1cccc(F)c1)C(C)(C)C)C2(C)C. The highest BCUT2D eigenvalue weighted by atomic mass is 32.2. The van der Waals surface area contributed by atoms with Gasteiger partial charge in [-0.3, -0.25) is 4.79 Å². The van der Waals surface area contributed by atoms with Crippen LogP contribution >= 0.6 is 0 Å². The largest absolute Gasteiger partial charge is 0.338 e. The normalized spacial score (nSPS) is 27.8. The van der Waals surface area contributed by atoms with Gasteiger partial charge >= 0.3 is 0 Å². The summed E-state index contributed by atoms with van der Waals surface area (Å²) in [5.74, 6) is 0.0346. The number of hydrogen-bond acceptors (Lipinski definition) is 3. The summed E-state index contributed by atoms with van der Waals surface area (Å²) in [7, 11) is -4.03. The van der Waals surface area contributed by atoms with Crippen LogP contribution in [0.4, 0.5) is 4.39 Å². The van der Waals surface area contributed by atoms with Gasteiger partial charge in [0.05, 0.1) is 4.90 Å². The molecule has 5 nitrogen and oxygen atoms in total. The van der Waals surface area contributed by atoms with E-state index >= 15 is 0 Å². The van der Waals surface area contributed by atoms with Crippen LogP contribution < -0.4 is 4.72 Å². The number of piperidine rings is 2. The Hall–Kier alpha value is -1.47. The number of nitrogens with zero attached hydrogens (tertiary/aromatic N) is 1. The van der Waals surface area contributed by atoms with E-state index in [2.05, 4.69) is 25.5 Å². The van der Waals surface area contributed by atoms with E-state index < -0.39 is 27.3 Å². The number of rotatable bonds is 4. The lowest BCUT2D eigenvalue weighted by molar-refractivity contribution is -0.169. The zero-order valence-electron chi connectivity index (χ0n) is 17.5. The molecule has 1 aromatic carbocycles. The molecule has 1 aromatic rings. The zero-order valence-corrected chi connectivity index (χ0v) is 18.3. The average molecular weight is 411 g/mol. The molecule has 1 saturated carbocycles. The molecule has 2 bridgehead atoms. The van der Waals surface area contributed by atoms with E-state index in [1.807, 2.05) is 25.7 Å². The van der Waals surface area contributed by atoms with Crippen molar-refractivity contribution in [1.82, 2.24) is 9.62 Å². The number of carbonyl (C=O) groups is 1. The lowest BCUT2D eigenvalue weighted by Crippen LogP contribution is -2.68. The summed E-state index contributed by atoms with van der Waals surface area (Å²) in [5, 5.41) is 0. The monoisotopic (exact) mass is 410 g/mol. The number of amides is 1. The lowest BCUT2D eigenvalue weighted by atomic mass is 9.50. The van der Waals surface area contributed by atoms with E-state index in [0.29, 0.717) is 18.4 Å². The summed E-state index contributed by atoms with van der Waals surface area (Å²) in [6.07, 6.45) is 1.12. The van der Waals surface area contributed by atoms with E-state index in [9.17, 15) is 17.6 Å². The van der Waals surface area contributed by atoms with Gasteiger partial charge in [-0.2, -0.15) is 4.72 Å². The number of hydrogen-bond donors (Lipinski definition) is 1. The first-order chi connectivity index (χ1) is 12.7. The Morgan fingerprint density at radius 3 is 2.46 bits per heavy atom. The van der Waals surface area contributed by atoms with Crippen LogP contribution in [0.3, 0.4) is 0 Å². The van der Waals surface area contributed by atoms with Crippen LogP contribution in [-0.4, -0.2) is 37.9 Å². The second-order valence-electron chi connectivity index (χ2n) is 9.97. The summed E-state index contributed by atoms with van der Waals surface area (Å²) >= 11 is 0. The second-order valence-corrected chi connectivity index (χ2v) is 11.7. The molecule has 3 fully saturated rings. The molecule has 2 aliphatic heterocycles. The fraction of sp³-hybridized carbons (Fsp3) is 0.667. The fourth-order valence-corrected chi connectivity index (χ4v) is 6.14. The number of halogens is 1. The Labute approximate surface area is 167 Å². The number of fused-ring (bicyclic) bond motifs is 2. The van der Waals surface area contributed by atoms with Gasteiger partial charge in [-0.25, -0.2) is 12.8 Å². The summed E-state index contributed by atoms with van der Waals surface area (Å²) in [6.45, 7) is 12.7. The Morgan fingerprint density at radius 1 is 1.32 bits per heavy atom. The minimum atomic E-state index is -4.03. The van der Waals surface area contributed by atoms with Crippen molar-refractivity contribution in [3.8, 4) is 0 Å². The van der Waals surface area contributed by atoms with E-state index in [0.717, 1.165) is 12.5 Å². The van der Waals surface area contributed by atoms with Crippen LogP contribution in [0.5, 0.6) is 0 Å². The average Bonchev–Trinajstić information content (AvgIpc) is 2.58. The summed E-state index contributed by atoms with van der Waals surface area (Å²) in [4.78, 5) is 15.1. The van der Waals surface area contributed by atoms with Crippen molar-refractivity contribution in [1.29, 1.82) is 0 Å². The maximum Gasteiger partial charge on any atom is 0.241 e. The minimum Gasteiger partial charge on any atom is -0.338 e. The molecular weight excluding hydrogens is 379 g/mol. The number of sulfonamides is 1. The van der Waals surface area contributed by atoms with Crippen molar-refractivity contribution in [2.24, 2.45) is 22.7 Å². The highest BCUT2D eigenvalue weighted by Crippen LogP contribution is 2.57.